The Morgan fingerprint density at radius 1 is 0.844 bits per heavy atom. The van der Waals surface area contributed by atoms with E-state index in [1.807, 2.05) is 24.0 Å². The van der Waals surface area contributed by atoms with Gasteiger partial charge < -0.3 is 14.8 Å². The van der Waals surface area contributed by atoms with Crippen LogP contribution in [0.5, 0.6) is 0 Å². The highest BCUT2D eigenvalue weighted by Crippen LogP contribution is 2.42. The van der Waals surface area contributed by atoms with E-state index in [0.29, 0.717) is 5.41 Å². The molecule has 1 aromatic heterocycles. The Morgan fingerprint density at radius 3 is 2.22 bits per heavy atom. The van der Waals surface area contributed by atoms with Crippen LogP contribution in [0.25, 0.3) is 11.3 Å². The van der Waals surface area contributed by atoms with Crippen molar-refractivity contribution in [3.05, 3.63) is 66.9 Å². The van der Waals surface area contributed by atoms with Crippen LogP contribution in [-0.4, -0.2) is 53.3 Å². The highest BCUT2D eigenvalue weighted by Gasteiger charge is 2.37. The van der Waals surface area contributed by atoms with Crippen LogP contribution in [0.1, 0.15) is 32.1 Å². The number of hydrogen-bond acceptors (Lipinski definition) is 4. The minimum atomic E-state index is 0.596. The molecule has 1 N–H and O–H groups in total. The zero-order valence-electron chi connectivity index (χ0n) is 18.9. The van der Waals surface area contributed by atoms with Gasteiger partial charge in [0.1, 0.15) is 0 Å². The number of para-hydroxylation sites is 1. The normalized spacial score (nSPS) is 18.8. The molecule has 3 heterocycles. The maximum absolute atomic E-state index is 4.55. The summed E-state index contributed by atoms with van der Waals surface area (Å²) in [6, 6.07) is 21.4. The van der Waals surface area contributed by atoms with Crippen molar-refractivity contribution in [2.75, 3.05) is 43.4 Å². The molecule has 2 aromatic carbocycles. The first kappa shape index (κ1) is 21.6. The van der Waals surface area contributed by atoms with Gasteiger partial charge in [0.2, 0.25) is 0 Å². The number of aromatic nitrogens is 2. The number of piperidine rings is 2. The van der Waals surface area contributed by atoms with Crippen molar-refractivity contribution in [1.82, 2.24) is 14.9 Å². The topological polar surface area (TPSA) is 35.2 Å². The second-order valence-corrected chi connectivity index (χ2v) is 10.4. The van der Waals surface area contributed by atoms with Gasteiger partial charge in [0, 0.05) is 24.5 Å². The molecule has 5 heteroatoms. The Balaban J connectivity index is 1.01. The smallest absolute Gasteiger partial charge is 0.165 e. The molecule has 2 saturated heterocycles. The molecule has 2 fully saturated rings. The summed E-state index contributed by atoms with van der Waals surface area (Å²) >= 11 is 1.85. The Labute approximate surface area is 196 Å². The summed E-state index contributed by atoms with van der Waals surface area (Å²) in [7, 11) is 0. The van der Waals surface area contributed by atoms with Gasteiger partial charge in [-0.15, -0.1) is 0 Å². The third-order valence-corrected chi connectivity index (χ3v) is 8.33. The number of hydrogen-bond donors (Lipinski definition) is 1. The van der Waals surface area contributed by atoms with Gasteiger partial charge >= 0.3 is 0 Å². The molecule has 2 aliphatic heterocycles. The maximum atomic E-state index is 4.55. The Kier molecular flexibility index (Phi) is 6.84. The van der Waals surface area contributed by atoms with Gasteiger partial charge in [-0.3, -0.25) is 0 Å². The van der Waals surface area contributed by atoms with Gasteiger partial charge in [-0.05, 0) is 74.8 Å². The number of aromatic amines is 1. The van der Waals surface area contributed by atoms with Gasteiger partial charge in [-0.1, -0.05) is 60.3 Å². The minimum absolute atomic E-state index is 0.596. The van der Waals surface area contributed by atoms with Crippen molar-refractivity contribution in [2.45, 2.75) is 37.3 Å². The largest absolute Gasteiger partial charge is 0.371 e. The Hall–Kier alpha value is -2.24. The Morgan fingerprint density at radius 2 is 1.50 bits per heavy atom. The molecule has 0 saturated carbocycles. The number of H-pyrrole nitrogens is 1. The summed E-state index contributed by atoms with van der Waals surface area (Å²) in [5.41, 5.74) is 4.29. The first-order chi connectivity index (χ1) is 15.8. The van der Waals surface area contributed by atoms with Gasteiger partial charge in [0.05, 0.1) is 11.9 Å². The number of likely N-dealkylation sites (tertiary alicyclic amines) is 1. The van der Waals surface area contributed by atoms with Gasteiger partial charge in [0.25, 0.3) is 0 Å². The molecule has 2 aliphatic rings. The minimum Gasteiger partial charge on any atom is -0.371 e. The van der Waals surface area contributed by atoms with Crippen molar-refractivity contribution in [3.8, 4) is 11.3 Å². The Bertz CT molecular complexity index is 954. The van der Waals surface area contributed by atoms with E-state index in [1.165, 1.54) is 76.1 Å². The molecule has 0 aliphatic carbocycles. The highest BCUT2D eigenvalue weighted by molar-refractivity contribution is 7.99. The monoisotopic (exact) mass is 446 g/mol. The average molecular weight is 447 g/mol. The summed E-state index contributed by atoms with van der Waals surface area (Å²) in [5.74, 6) is 1.12. The molecule has 0 amide bonds. The summed E-state index contributed by atoms with van der Waals surface area (Å²) in [4.78, 5) is 13.3. The quantitative estimate of drug-likeness (QED) is 0.360. The van der Waals surface area contributed by atoms with Crippen LogP contribution >= 0.6 is 11.8 Å². The van der Waals surface area contributed by atoms with Crippen molar-refractivity contribution in [2.24, 2.45) is 5.41 Å². The summed E-state index contributed by atoms with van der Waals surface area (Å²) in [6.07, 6.45) is 8.64. The van der Waals surface area contributed by atoms with Crippen LogP contribution in [0.3, 0.4) is 0 Å². The highest BCUT2D eigenvalue weighted by atomic mass is 32.2. The molecule has 0 atom stereocenters. The van der Waals surface area contributed by atoms with Gasteiger partial charge in [0.15, 0.2) is 5.16 Å². The van der Waals surface area contributed by atoms with Crippen molar-refractivity contribution in [1.29, 1.82) is 0 Å². The first-order valence-corrected chi connectivity index (χ1v) is 13.0. The lowest BCUT2D eigenvalue weighted by Gasteiger charge is -2.47. The molecular formula is C27H34N4S. The number of nitrogens with one attached hydrogen (secondary N) is 1. The molecule has 0 radical (unpaired) electrons. The molecule has 32 heavy (non-hydrogen) atoms. The lowest BCUT2D eigenvalue weighted by Crippen LogP contribution is -2.47. The second kappa shape index (κ2) is 10.1. The zero-order valence-corrected chi connectivity index (χ0v) is 19.7. The predicted molar refractivity (Wildman–Crippen MR) is 135 cm³/mol. The van der Waals surface area contributed by atoms with E-state index in [-0.39, 0.29) is 0 Å². The zero-order chi connectivity index (χ0) is 21.6. The fourth-order valence-corrected chi connectivity index (χ4v) is 6.00. The maximum Gasteiger partial charge on any atom is 0.165 e. The molecule has 0 bridgehead atoms. The molecular weight excluding hydrogens is 412 g/mol. The number of nitrogens with zero attached hydrogens (tertiary/aromatic N) is 3. The molecule has 5 rings (SSSR count). The van der Waals surface area contributed by atoms with Crippen molar-refractivity contribution in [3.63, 3.8) is 0 Å². The van der Waals surface area contributed by atoms with Crippen molar-refractivity contribution >= 4 is 17.4 Å². The van der Waals surface area contributed by atoms with E-state index in [0.717, 1.165) is 16.6 Å². The second-order valence-electron chi connectivity index (χ2n) is 9.33. The SMILES string of the molecule is c1ccc(-c2cnc(SCCCN3CCC4(CC3)CCN(c3ccccc3)CC4)[nH]2)cc1. The van der Waals surface area contributed by atoms with Gasteiger partial charge in [-0.2, -0.15) is 0 Å². The molecule has 1 spiro atoms. The van der Waals surface area contributed by atoms with Crippen LogP contribution in [0.2, 0.25) is 0 Å². The molecule has 0 unspecified atom stereocenters. The van der Waals surface area contributed by atoms with E-state index in [9.17, 15) is 0 Å². The standard InChI is InChI=1S/C27H34N4S/c1-3-8-23(9-4-1)25-22-28-26(29-25)32-21-7-16-30-17-12-27(13-18-30)14-19-31(20-15-27)24-10-5-2-6-11-24/h1-6,8-11,22H,7,12-21H2,(H,28,29). The molecule has 3 aromatic rings. The van der Waals surface area contributed by atoms with E-state index in [1.54, 1.807) is 0 Å². The summed E-state index contributed by atoms with van der Waals surface area (Å²) in [5, 5.41) is 1.03. The lowest BCUT2D eigenvalue weighted by molar-refractivity contribution is 0.0802. The fraction of sp³-hybridized carbons (Fsp3) is 0.444. The van der Waals surface area contributed by atoms with E-state index in [4.69, 9.17) is 0 Å². The number of imidazole rings is 1. The van der Waals surface area contributed by atoms with Gasteiger partial charge in [-0.25, -0.2) is 4.98 Å². The number of benzene rings is 2. The predicted octanol–water partition coefficient (Wildman–Crippen LogP) is 5.94. The van der Waals surface area contributed by atoms with Crippen LogP contribution in [0.15, 0.2) is 72.0 Å². The number of anilines is 1. The molecule has 168 valence electrons. The first-order valence-electron chi connectivity index (χ1n) is 12.1. The fourth-order valence-electron chi connectivity index (χ4n) is 5.23. The van der Waals surface area contributed by atoms with Crippen molar-refractivity contribution < 1.29 is 0 Å². The van der Waals surface area contributed by atoms with Crippen LogP contribution in [0.4, 0.5) is 5.69 Å². The number of thioether (sulfide) groups is 1. The third-order valence-electron chi connectivity index (χ3n) is 7.36. The average Bonchev–Trinajstić information content (AvgIpc) is 3.34. The summed E-state index contributed by atoms with van der Waals surface area (Å²) < 4.78 is 0. The van der Waals surface area contributed by atoms with Crippen LogP contribution < -0.4 is 4.90 Å². The summed E-state index contributed by atoms with van der Waals surface area (Å²) in [6.45, 7) is 6.19. The van der Waals surface area contributed by atoms with Crippen LogP contribution in [0, 0.1) is 5.41 Å². The van der Waals surface area contributed by atoms with Crippen LogP contribution in [-0.2, 0) is 0 Å². The lowest BCUT2D eigenvalue weighted by atomic mass is 9.71. The van der Waals surface area contributed by atoms with E-state index < -0.39 is 0 Å². The number of rotatable bonds is 7. The third kappa shape index (κ3) is 5.21. The van der Waals surface area contributed by atoms with E-state index >= 15 is 0 Å². The van der Waals surface area contributed by atoms with E-state index in [2.05, 4.69) is 74.4 Å². The molecule has 4 nitrogen and oxygen atoms in total.